The molecule has 0 saturated carbocycles. The summed E-state index contributed by atoms with van der Waals surface area (Å²) in [6.07, 6.45) is 0.797. The third-order valence-electron chi connectivity index (χ3n) is 3.81. The average molecular weight is 365 g/mol. The van der Waals surface area contributed by atoms with Crippen molar-refractivity contribution in [1.29, 1.82) is 0 Å². The maximum Gasteiger partial charge on any atom is 0.338 e. The molecule has 1 amide bonds. The molecular formula is C17H14Cl2N2O3. The zero-order valence-corrected chi connectivity index (χ0v) is 14.2. The first-order valence-electron chi connectivity index (χ1n) is 7.37. The molecule has 1 aliphatic rings. The molecule has 0 aliphatic carbocycles. The first kappa shape index (κ1) is 16.7. The Hall–Kier alpha value is -2.11. The Morgan fingerprint density at radius 2 is 1.79 bits per heavy atom. The van der Waals surface area contributed by atoms with Crippen LogP contribution in [0.4, 0.5) is 0 Å². The second-order valence-electron chi connectivity index (χ2n) is 5.41. The van der Waals surface area contributed by atoms with Crippen LogP contribution in [-0.2, 0) is 22.5 Å². The zero-order chi connectivity index (χ0) is 17.1. The molecule has 2 aromatic rings. The molecule has 1 aliphatic heterocycles. The molecule has 0 unspecified atom stereocenters. The van der Waals surface area contributed by atoms with Gasteiger partial charge in [0.15, 0.2) is 6.61 Å². The lowest BCUT2D eigenvalue weighted by Gasteiger charge is -2.28. The topological polar surface area (TPSA) is 59.5 Å². The molecular weight excluding hydrogens is 351 g/mol. The monoisotopic (exact) mass is 364 g/mol. The van der Waals surface area contributed by atoms with Gasteiger partial charge in [-0.05, 0) is 29.7 Å². The molecule has 0 radical (unpaired) electrons. The van der Waals surface area contributed by atoms with Crippen LogP contribution in [0.1, 0.15) is 21.5 Å². The van der Waals surface area contributed by atoms with E-state index < -0.39 is 5.97 Å². The predicted octanol–water partition coefficient (Wildman–Crippen LogP) is 3.13. The number of aromatic nitrogens is 1. The molecule has 0 spiro atoms. The Morgan fingerprint density at radius 1 is 1.12 bits per heavy atom. The third kappa shape index (κ3) is 3.86. The Kier molecular flexibility index (Phi) is 5.02. The molecule has 0 fully saturated rings. The molecule has 0 bridgehead atoms. The molecule has 2 heterocycles. The van der Waals surface area contributed by atoms with Crippen molar-refractivity contribution in [2.75, 3.05) is 13.2 Å². The summed E-state index contributed by atoms with van der Waals surface area (Å²) in [6, 6.07) is 10.7. The van der Waals surface area contributed by atoms with Gasteiger partial charge in [-0.3, -0.25) is 4.79 Å². The van der Waals surface area contributed by atoms with Crippen LogP contribution in [0, 0.1) is 0 Å². The Labute approximate surface area is 149 Å². The third-order valence-corrected chi connectivity index (χ3v) is 4.20. The summed E-state index contributed by atoms with van der Waals surface area (Å²) in [5.74, 6) is -0.893. The molecule has 5 nitrogen and oxygen atoms in total. The lowest BCUT2D eigenvalue weighted by molar-refractivity contribution is -0.135. The van der Waals surface area contributed by atoms with Gasteiger partial charge in [0, 0.05) is 13.1 Å². The van der Waals surface area contributed by atoms with Gasteiger partial charge in [0.05, 0.1) is 5.56 Å². The number of carbonyl (C=O) groups is 2. The van der Waals surface area contributed by atoms with Crippen molar-refractivity contribution in [3.8, 4) is 0 Å². The van der Waals surface area contributed by atoms with E-state index >= 15 is 0 Å². The molecule has 7 heteroatoms. The molecule has 1 aromatic heterocycles. The zero-order valence-electron chi connectivity index (χ0n) is 12.7. The van der Waals surface area contributed by atoms with Gasteiger partial charge in [0.2, 0.25) is 0 Å². The first-order valence-corrected chi connectivity index (χ1v) is 8.13. The summed E-state index contributed by atoms with van der Waals surface area (Å²) < 4.78 is 5.07. The van der Waals surface area contributed by atoms with Gasteiger partial charge in [0.1, 0.15) is 10.3 Å². The number of fused-ring (bicyclic) bond motifs is 1. The van der Waals surface area contributed by atoms with E-state index in [-0.39, 0.29) is 28.4 Å². The highest BCUT2D eigenvalue weighted by atomic mass is 35.5. The molecule has 0 saturated heterocycles. The van der Waals surface area contributed by atoms with E-state index in [0.717, 1.165) is 12.0 Å². The van der Waals surface area contributed by atoms with Crippen LogP contribution in [0.5, 0.6) is 0 Å². The summed E-state index contributed by atoms with van der Waals surface area (Å²) in [4.78, 5) is 29.7. The van der Waals surface area contributed by atoms with Crippen LogP contribution in [0.15, 0.2) is 36.4 Å². The van der Waals surface area contributed by atoms with Crippen molar-refractivity contribution < 1.29 is 14.3 Å². The number of hydrogen-bond acceptors (Lipinski definition) is 4. The number of nitrogens with zero attached hydrogens (tertiary/aromatic N) is 2. The molecule has 1 aromatic carbocycles. The summed E-state index contributed by atoms with van der Waals surface area (Å²) in [7, 11) is 0. The van der Waals surface area contributed by atoms with Crippen molar-refractivity contribution in [3.63, 3.8) is 0 Å². The van der Waals surface area contributed by atoms with Gasteiger partial charge in [-0.1, -0.05) is 47.5 Å². The molecule has 0 N–H and O–H groups in total. The second-order valence-corrected chi connectivity index (χ2v) is 6.19. The van der Waals surface area contributed by atoms with Crippen molar-refractivity contribution in [2.24, 2.45) is 0 Å². The van der Waals surface area contributed by atoms with Crippen molar-refractivity contribution >= 4 is 35.1 Å². The highest BCUT2D eigenvalue weighted by molar-refractivity contribution is 6.32. The average Bonchev–Trinajstić information content (AvgIpc) is 2.58. The summed E-state index contributed by atoms with van der Waals surface area (Å²) in [5.41, 5.74) is 2.53. The number of esters is 1. The van der Waals surface area contributed by atoms with Crippen molar-refractivity contribution in [1.82, 2.24) is 9.88 Å². The number of carbonyl (C=O) groups excluding carboxylic acids is 2. The van der Waals surface area contributed by atoms with E-state index in [0.29, 0.717) is 13.1 Å². The number of benzene rings is 1. The van der Waals surface area contributed by atoms with Crippen LogP contribution in [0.2, 0.25) is 10.3 Å². The standard InChI is InChI=1S/C17H14Cl2N2O3/c18-14-7-13(8-15(19)20-14)17(23)24-10-16(22)21-6-5-11-3-1-2-4-12(11)9-21/h1-4,7-8H,5-6,9-10H2. The van der Waals surface area contributed by atoms with Crippen molar-refractivity contribution in [3.05, 3.63) is 63.4 Å². The minimum absolute atomic E-state index is 0.0911. The minimum Gasteiger partial charge on any atom is -0.452 e. The fourth-order valence-electron chi connectivity index (χ4n) is 2.59. The molecule has 124 valence electrons. The SMILES string of the molecule is O=C(OCC(=O)N1CCc2ccccc2C1)c1cc(Cl)nc(Cl)c1. The van der Waals surface area contributed by atoms with Gasteiger partial charge < -0.3 is 9.64 Å². The van der Waals surface area contributed by atoms with E-state index in [4.69, 9.17) is 27.9 Å². The predicted molar refractivity (Wildman–Crippen MR) is 90.1 cm³/mol. The second kappa shape index (κ2) is 7.20. The summed E-state index contributed by atoms with van der Waals surface area (Å²) in [5, 5.41) is 0.182. The fraction of sp³-hybridized carbons (Fsp3) is 0.235. The molecule has 3 rings (SSSR count). The summed E-state index contributed by atoms with van der Waals surface area (Å²) >= 11 is 11.5. The smallest absolute Gasteiger partial charge is 0.338 e. The van der Waals surface area contributed by atoms with Gasteiger partial charge in [-0.15, -0.1) is 0 Å². The summed E-state index contributed by atoms with van der Waals surface area (Å²) in [6.45, 7) is 0.818. The minimum atomic E-state index is -0.660. The van der Waals surface area contributed by atoms with Crippen LogP contribution in [-0.4, -0.2) is 34.9 Å². The maximum atomic E-state index is 12.3. The van der Waals surface area contributed by atoms with E-state index in [1.54, 1.807) is 4.90 Å². The highest BCUT2D eigenvalue weighted by Crippen LogP contribution is 2.19. The normalized spacial score (nSPS) is 13.3. The fourth-order valence-corrected chi connectivity index (χ4v) is 3.05. The number of ether oxygens (including phenoxy) is 1. The number of pyridine rings is 1. The van der Waals surface area contributed by atoms with Crippen LogP contribution >= 0.6 is 23.2 Å². The van der Waals surface area contributed by atoms with E-state index in [9.17, 15) is 9.59 Å². The van der Waals surface area contributed by atoms with Gasteiger partial charge >= 0.3 is 5.97 Å². The van der Waals surface area contributed by atoms with E-state index in [1.165, 1.54) is 17.7 Å². The molecule has 24 heavy (non-hydrogen) atoms. The maximum absolute atomic E-state index is 12.3. The quantitative estimate of drug-likeness (QED) is 0.620. The van der Waals surface area contributed by atoms with Crippen LogP contribution < -0.4 is 0 Å². The van der Waals surface area contributed by atoms with Crippen LogP contribution in [0.3, 0.4) is 0 Å². The van der Waals surface area contributed by atoms with E-state index in [1.807, 2.05) is 18.2 Å². The number of amides is 1. The van der Waals surface area contributed by atoms with E-state index in [2.05, 4.69) is 11.1 Å². The van der Waals surface area contributed by atoms with Crippen LogP contribution in [0.25, 0.3) is 0 Å². The number of hydrogen-bond donors (Lipinski definition) is 0. The number of halogens is 2. The Bertz CT molecular complexity index is 775. The lowest BCUT2D eigenvalue weighted by Crippen LogP contribution is -2.38. The Balaban J connectivity index is 1.59. The first-order chi connectivity index (χ1) is 11.5. The highest BCUT2D eigenvalue weighted by Gasteiger charge is 2.21. The number of rotatable bonds is 3. The Morgan fingerprint density at radius 3 is 2.50 bits per heavy atom. The van der Waals surface area contributed by atoms with Crippen molar-refractivity contribution in [2.45, 2.75) is 13.0 Å². The van der Waals surface area contributed by atoms with Gasteiger partial charge in [0.25, 0.3) is 5.91 Å². The largest absolute Gasteiger partial charge is 0.452 e. The van der Waals surface area contributed by atoms with Gasteiger partial charge in [-0.2, -0.15) is 0 Å². The molecule has 0 atom stereocenters. The van der Waals surface area contributed by atoms with Gasteiger partial charge in [-0.25, -0.2) is 9.78 Å². The lowest BCUT2D eigenvalue weighted by atomic mass is 10.00.